The summed E-state index contributed by atoms with van der Waals surface area (Å²) in [5, 5.41) is 7.80. The first-order valence-electron chi connectivity index (χ1n) is 5.03. The lowest BCUT2D eigenvalue weighted by Crippen LogP contribution is -1.94. The molecule has 1 fully saturated rings. The minimum atomic E-state index is -0.418. The fourth-order valence-corrected chi connectivity index (χ4v) is 1.49. The summed E-state index contributed by atoms with van der Waals surface area (Å²) in [4.78, 5) is 4.04. The average Bonchev–Trinajstić information content (AvgIpc) is 2.99. The molecule has 0 radical (unpaired) electrons. The largest absolute Gasteiger partial charge is 0.397 e. The molecule has 0 spiro atoms. The van der Waals surface area contributed by atoms with E-state index < -0.39 is 5.82 Å². The van der Waals surface area contributed by atoms with Gasteiger partial charge in [-0.05, 0) is 32.3 Å². The van der Waals surface area contributed by atoms with Crippen molar-refractivity contribution in [2.24, 2.45) is 0 Å². The number of halogens is 2. The molecule has 2 rings (SSSR count). The van der Waals surface area contributed by atoms with Gasteiger partial charge < -0.3 is 5.11 Å². The van der Waals surface area contributed by atoms with E-state index in [9.17, 15) is 4.39 Å². The normalized spacial score (nSPS) is 14.5. The van der Waals surface area contributed by atoms with Crippen LogP contribution < -0.4 is 0 Å². The van der Waals surface area contributed by atoms with Crippen LogP contribution in [0.4, 0.5) is 4.39 Å². The molecule has 0 unspecified atom stereocenters. The van der Waals surface area contributed by atoms with Crippen LogP contribution >= 0.6 is 11.6 Å². The Morgan fingerprint density at radius 1 is 1.60 bits per heavy atom. The quantitative estimate of drug-likeness (QED) is 0.806. The van der Waals surface area contributed by atoms with Crippen LogP contribution in [0.1, 0.15) is 36.9 Å². The summed E-state index contributed by atoms with van der Waals surface area (Å²) >= 11 is 5.74. The molecule has 0 aliphatic heterocycles. The lowest BCUT2D eigenvalue weighted by molar-refractivity contribution is 0.318. The zero-order valence-corrected chi connectivity index (χ0v) is 9.68. The zero-order valence-electron chi connectivity index (χ0n) is 8.93. The van der Waals surface area contributed by atoms with E-state index in [1.807, 2.05) is 6.92 Å². The molecule has 1 aromatic heterocycles. The molecule has 1 N–H and O–H groups in total. The van der Waals surface area contributed by atoms with Crippen molar-refractivity contribution in [2.75, 3.05) is 6.61 Å². The van der Waals surface area contributed by atoms with E-state index in [0.29, 0.717) is 5.92 Å². The van der Waals surface area contributed by atoms with Gasteiger partial charge in [-0.3, -0.25) is 4.98 Å². The molecule has 4 heteroatoms. The third kappa shape index (κ3) is 3.14. The van der Waals surface area contributed by atoms with Crippen LogP contribution in [0.25, 0.3) is 0 Å². The number of pyridine rings is 1. The Morgan fingerprint density at radius 2 is 2.13 bits per heavy atom. The van der Waals surface area contributed by atoms with Gasteiger partial charge in [0, 0.05) is 18.2 Å². The SMILES string of the molecule is CCO.Cc1c(C2CC2)ncc(F)c1Cl. The first-order valence-corrected chi connectivity index (χ1v) is 5.40. The van der Waals surface area contributed by atoms with Crippen molar-refractivity contribution < 1.29 is 9.50 Å². The lowest BCUT2D eigenvalue weighted by Gasteiger charge is -2.04. The summed E-state index contributed by atoms with van der Waals surface area (Å²) in [6, 6.07) is 0. The maximum absolute atomic E-state index is 12.8. The fraction of sp³-hybridized carbons (Fsp3) is 0.545. The summed E-state index contributed by atoms with van der Waals surface area (Å²) in [5.74, 6) is 0.113. The zero-order chi connectivity index (χ0) is 11.4. The van der Waals surface area contributed by atoms with Crippen molar-refractivity contribution in [1.29, 1.82) is 0 Å². The topological polar surface area (TPSA) is 33.1 Å². The van der Waals surface area contributed by atoms with E-state index >= 15 is 0 Å². The highest BCUT2D eigenvalue weighted by molar-refractivity contribution is 6.31. The van der Waals surface area contributed by atoms with E-state index in [4.69, 9.17) is 16.7 Å². The smallest absolute Gasteiger partial charge is 0.160 e. The van der Waals surface area contributed by atoms with Crippen LogP contribution in [-0.4, -0.2) is 16.7 Å². The first-order chi connectivity index (χ1) is 7.11. The Balaban J connectivity index is 0.000000337. The number of aromatic nitrogens is 1. The molecular weight excluding hydrogens is 217 g/mol. The molecule has 84 valence electrons. The average molecular weight is 232 g/mol. The Labute approximate surface area is 94.1 Å². The Morgan fingerprint density at radius 3 is 2.60 bits per heavy atom. The van der Waals surface area contributed by atoms with Crippen LogP contribution in [0.3, 0.4) is 0 Å². The number of hydrogen-bond donors (Lipinski definition) is 1. The minimum absolute atomic E-state index is 0.229. The van der Waals surface area contributed by atoms with Gasteiger partial charge >= 0.3 is 0 Å². The van der Waals surface area contributed by atoms with E-state index in [2.05, 4.69) is 4.98 Å². The standard InChI is InChI=1S/C9H9ClFN.C2H6O/c1-5-8(10)7(11)4-12-9(5)6-2-3-6;1-2-3/h4,6H,2-3H2,1H3;3H,2H2,1H3. The third-order valence-electron chi connectivity index (χ3n) is 2.20. The molecule has 15 heavy (non-hydrogen) atoms. The summed E-state index contributed by atoms with van der Waals surface area (Å²) < 4.78 is 12.8. The van der Waals surface area contributed by atoms with Gasteiger partial charge in [-0.1, -0.05) is 11.6 Å². The molecule has 0 atom stereocenters. The minimum Gasteiger partial charge on any atom is -0.397 e. The first kappa shape index (κ1) is 12.4. The van der Waals surface area contributed by atoms with Crippen molar-refractivity contribution in [1.82, 2.24) is 4.98 Å². The van der Waals surface area contributed by atoms with Gasteiger partial charge in [0.15, 0.2) is 5.82 Å². The van der Waals surface area contributed by atoms with Crippen LogP contribution in [0.5, 0.6) is 0 Å². The lowest BCUT2D eigenvalue weighted by atomic mass is 10.1. The molecule has 0 saturated heterocycles. The van der Waals surface area contributed by atoms with Gasteiger partial charge in [-0.25, -0.2) is 4.39 Å². The predicted octanol–water partition coefficient (Wildman–Crippen LogP) is 3.06. The third-order valence-corrected chi connectivity index (χ3v) is 2.67. The summed E-state index contributed by atoms with van der Waals surface area (Å²) in [5.41, 5.74) is 1.78. The number of aliphatic hydroxyl groups excluding tert-OH is 1. The van der Waals surface area contributed by atoms with Gasteiger partial charge in [-0.2, -0.15) is 0 Å². The van der Waals surface area contributed by atoms with Gasteiger partial charge in [0.1, 0.15) is 0 Å². The second-order valence-corrected chi connectivity index (χ2v) is 3.90. The summed E-state index contributed by atoms with van der Waals surface area (Å²) in [6.45, 7) is 3.76. The number of aliphatic hydroxyl groups is 1. The van der Waals surface area contributed by atoms with E-state index in [-0.39, 0.29) is 11.6 Å². The van der Waals surface area contributed by atoms with Crippen molar-refractivity contribution in [3.63, 3.8) is 0 Å². The highest BCUT2D eigenvalue weighted by Crippen LogP contribution is 2.41. The van der Waals surface area contributed by atoms with Gasteiger partial charge in [0.25, 0.3) is 0 Å². The van der Waals surface area contributed by atoms with Gasteiger partial charge in [0.05, 0.1) is 11.2 Å². The van der Waals surface area contributed by atoms with E-state index in [0.717, 1.165) is 24.1 Å². The molecule has 1 aliphatic rings. The second kappa shape index (κ2) is 5.42. The molecule has 1 saturated carbocycles. The van der Waals surface area contributed by atoms with Gasteiger partial charge in [0.2, 0.25) is 0 Å². The number of nitrogens with zero attached hydrogens (tertiary/aromatic N) is 1. The van der Waals surface area contributed by atoms with Crippen molar-refractivity contribution in [3.05, 3.63) is 28.3 Å². The summed E-state index contributed by atoms with van der Waals surface area (Å²) in [6.07, 6.45) is 3.54. The van der Waals surface area contributed by atoms with Crippen molar-refractivity contribution >= 4 is 11.6 Å². The molecule has 0 amide bonds. The summed E-state index contributed by atoms with van der Waals surface area (Å²) in [7, 11) is 0. The molecule has 0 aromatic carbocycles. The number of hydrogen-bond acceptors (Lipinski definition) is 2. The van der Waals surface area contributed by atoms with Crippen LogP contribution in [-0.2, 0) is 0 Å². The Bertz CT molecular complexity index is 340. The van der Waals surface area contributed by atoms with E-state index in [1.54, 1.807) is 6.92 Å². The fourth-order valence-electron chi connectivity index (χ4n) is 1.34. The van der Waals surface area contributed by atoms with Crippen molar-refractivity contribution in [3.8, 4) is 0 Å². The second-order valence-electron chi connectivity index (χ2n) is 3.52. The molecule has 1 aliphatic carbocycles. The molecule has 1 heterocycles. The maximum Gasteiger partial charge on any atom is 0.160 e. The Hall–Kier alpha value is -0.670. The predicted molar refractivity (Wildman–Crippen MR) is 58.7 cm³/mol. The van der Waals surface area contributed by atoms with Gasteiger partial charge in [-0.15, -0.1) is 0 Å². The highest BCUT2D eigenvalue weighted by atomic mass is 35.5. The van der Waals surface area contributed by atoms with E-state index in [1.165, 1.54) is 6.20 Å². The molecular formula is C11H15ClFNO. The Kier molecular flexibility index (Phi) is 4.48. The van der Waals surface area contributed by atoms with Crippen LogP contribution in [0, 0.1) is 12.7 Å². The highest BCUT2D eigenvalue weighted by Gasteiger charge is 2.27. The van der Waals surface area contributed by atoms with Crippen molar-refractivity contribution in [2.45, 2.75) is 32.6 Å². The van der Waals surface area contributed by atoms with Crippen LogP contribution in [0.2, 0.25) is 5.02 Å². The number of rotatable bonds is 1. The van der Waals surface area contributed by atoms with Crippen LogP contribution in [0.15, 0.2) is 6.20 Å². The molecule has 2 nitrogen and oxygen atoms in total. The molecule has 1 aromatic rings. The maximum atomic E-state index is 12.8. The monoisotopic (exact) mass is 231 g/mol. The molecule has 0 bridgehead atoms.